The van der Waals surface area contributed by atoms with Crippen LogP contribution in [0.3, 0.4) is 0 Å². The van der Waals surface area contributed by atoms with Gasteiger partial charge in [-0.15, -0.1) is 0 Å². The summed E-state index contributed by atoms with van der Waals surface area (Å²) in [6, 6.07) is 0. The van der Waals surface area contributed by atoms with Crippen molar-refractivity contribution >= 4 is 49.0 Å². The predicted octanol–water partition coefficient (Wildman–Crippen LogP) is 1.78. The molecule has 0 N–H and O–H groups in total. The van der Waals surface area contributed by atoms with Gasteiger partial charge in [-0.25, -0.2) is 0 Å². The molecule has 0 unspecified atom stereocenters. The molecule has 0 saturated carbocycles. The summed E-state index contributed by atoms with van der Waals surface area (Å²) in [6.07, 6.45) is 7.08. The Morgan fingerprint density at radius 1 is 1.75 bits per heavy atom. The summed E-state index contributed by atoms with van der Waals surface area (Å²) in [6.45, 7) is 2.24. The van der Waals surface area contributed by atoms with Crippen molar-refractivity contribution in [1.29, 1.82) is 0 Å². The van der Waals surface area contributed by atoms with Crippen molar-refractivity contribution in [2.75, 3.05) is 0 Å². The van der Waals surface area contributed by atoms with Crippen LogP contribution in [0.15, 0.2) is 17.4 Å². The molecule has 0 aliphatic heterocycles. The van der Waals surface area contributed by atoms with E-state index >= 15 is 0 Å². The zero-order valence-electron chi connectivity index (χ0n) is 5.57. The summed E-state index contributed by atoms with van der Waals surface area (Å²) in [5.74, 6) is 0. The van der Waals surface area contributed by atoms with E-state index in [9.17, 15) is 0 Å². The van der Waals surface area contributed by atoms with Gasteiger partial charge in [-0.2, -0.15) is 0 Å². The molecule has 0 nitrogen and oxygen atoms in total. The summed E-state index contributed by atoms with van der Waals surface area (Å²) in [4.78, 5) is 0. The maximum absolute atomic E-state index is 2.29. The Morgan fingerprint density at radius 2 is 2.50 bits per heavy atom. The molecule has 0 saturated heterocycles. The third kappa shape index (κ3) is 1.55. The zero-order chi connectivity index (χ0) is 5.98. The van der Waals surface area contributed by atoms with Crippen LogP contribution in [0, 0.1) is 0 Å². The van der Waals surface area contributed by atoms with Gasteiger partial charge in [0.2, 0.25) is 0 Å². The van der Waals surface area contributed by atoms with Gasteiger partial charge in [0.05, 0.1) is 0 Å². The first-order valence-corrected chi connectivity index (χ1v) is 4.76. The van der Waals surface area contributed by atoms with E-state index in [1.54, 1.807) is 5.24 Å². The van der Waals surface area contributed by atoms with E-state index in [1.165, 1.54) is 12.8 Å². The molecular weight excluding hydrogens is 123 g/mol. The number of hydrogen-bond donors (Lipinski definition) is 0. The zero-order valence-corrected chi connectivity index (χ0v) is 8.69. The van der Waals surface area contributed by atoms with Crippen molar-refractivity contribution < 1.29 is 0 Å². The molecule has 38 valence electrons. The molecule has 0 bridgehead atoms. The van der Waals surface area contributed by atoms with E-state index in [0.29, 0.717) is 0 Å². The molecule has 1 aliphatic rings. The van der Waals surface area contributed by atoms with Crippen LogP contribution < -0.4 is 0 Å². The fraction of sp³-hybridized carbons (Fsp3) is 0.429. The molecule has 0 radical (unpaired) electrons. The topological polar surface area (TPSA) is 0 Å². The molecule has 8 heavy (non-hydrogen) atoms. The maximum atomic E-state index is 2.29. The van der Waals surface area contributed by atoms with Crippen LogP contribution in [-0.4, -0.2) is 49.0 Å². The van der Waals surface area contributed by atoms with Gasteiger partial charge in [-0.05, 0) is 0 Å². The molecule has 1 rings (SSSR count). The van der Waals surface area contributed by atoms with Gasteiger partial charge < -0.3 is 0 Å². The average molecular weight is 132 g/mol. The molecule has 0 aromatic rings. The molecule has 0 atom stereocenters. The second kappa shape index (κ2) is 3.33. The van der Waals surface area contributed by atoms with Crippen LogP contribution >= 0.6 is 0 Å². The van der Waals surface area contributed by atoms with E-state index in [4.69, 9.17) is 0 Å². The third-order valence-corrected chi connectivity index (χ3v) is 3.34. The van der Waals surface area contributed by atoms with Crippen molar-refractivity contribution in [2.45, 2.75) is 19.8 Å². The Hall–Kier alpha value is 1.12. The van der Waals surface area contributed by atoms with E-state index in [2.05, 4.69) is 19.1 Å². The Bertz CT molecular complexity index is 142. The van der Waals surface area contributed by atoms with E-state index in [0.717, 1.165) is 49.0 Å². The number of rotatable bonds is 1. The van der Waals surface area contributed by atoms with Gasteiger partial charge in [0, 0.05) is 0 Å². The van der Waals surface area contributed by atoms with Crippen LogP contribution in [0.25, 0.3) is 0 Å². The minimum atomic E-state index is 0.908. The second-order valence-electron chi connectivity index (χ2n) is 2.25. The Balaban J connectivity index is 2.68. The van der Waals surface area contributed by atoms with Crippen LogP contribution in [0.5, 0.6) is 0 Å². The van der Waals surface area contributed by atoms with Gasteiger partial charge >= 0.3 is 86.1 Å². The normalized spacial score (nSPS) is 18.4. The first-order chi connectivity index (χ1) is 3.84. The average Bonchev–Trinajstić information content (AvgIpc) is 2.14. The van der Waals surface area contributed by atoms with E-state index in [-0.39, 0.29) is 0 Å². The van der Waals surface area contributed by atoms with E-state index in [1.807, 2.05) is 0 Å². The third-order valence-electron chi connectivity index (χ3n) is 1.72. The summed E-state index contributed by atoms with van der Waals surface area (Å²) in [5, 5.41) is 0. The SMILES string of the molecule is CCC1=[C]([K])C=CC1. The Kier molecular flexibility index (Phi) is 3.00. The first-order valence-electron chi connectivity index (χ1n) is 3.19. The molecule has 0 fully saturated rings. The first kappa shape index (κ1) is 7.23. The van der Waals surface area contributed by atoms with Gasteiger partial charge in [-0.3, -0.25) is 0 Å². The van der Waals surface area contributed by atoms with Crippen LogP contribution in [0.4, 0.5) is 0 Å². The number of hydrogen-bond acceptors (Lipinski definition) is 0. The van der Waals surface area contributed by atoms with Gasteiger partial charge in [-0.1, -0.05) is 0 Å². The molecule has 0 amide bonds. The van der Waals surface area contributed by atoms with Crippen molar-refractivity contribution in [3.8, 4) is 0 Å². The molecule has 0 aromatic carbocycles. The second-order valence-corrected chi connectivity index (χ2v) is 3.93. The monoisotopic (exact) mass is 132 g/mol. The molecular formula is C7H9K. The van der Waals surface area contributed by atoms with Crippen LogP contribution in [0.1, 0.15) is 19.8 Å². The summed E-state index contributed by atoms with van der Waals surface area (Å²) in [7, 11) is 0. The molecule has 0 aromatic heterocycles. The van der Waals surface area contributed by atoms with Crippen molar-refractivity contribution in [3.63, 3.8) is 0 Å². The van der Waals surface area contributed by atoms with Gasteiger partial charge in [0.15, 0.2) is 0 Å². The molecule has 0 heterocycles. The van der Waals surface area contributed by atoms with Crippen LogP contribution in [0.2, 0.25) is 0 Å². The molecule has 0 spiro atoms. The molecule has 1 aliphatic carbocycles. The van der Waals surface area contributed by atoms with Crippen molar-refractivity contribution in [3.05, 3.63) is 17.4 Å². The summed E-state index contributed by atoms with van der Waals surface area (Å²) < 4.78 is 1.67. The van der Waals surface area contributed by atoms with Crippen molar-refractivity contribution in [2.24, 2.45) is 0 Å². The van der Waals surface area contributed by atoms with Crippen molar-refractivity contribution in [1.82, 2.24) is 0 Å². The van der Waals surface area contributed by atoms with Crippen LogP contribution in [-0.2, 0) is 0 Å². The van der Waals surface area contributed by atoms with Gasteiger partial charge in [0.1, 0.15) is 0 Å². The minimum absolute atomic E-state index is 0.908. The predicted molar refractivity (Wildman–Crippen MR) is 36.8 cm³/mol. The fourth-order valence-electron chi connectivity index (χ4n) is 1.08. The molecule has 1 heteroatoms. The van der Waals surface area contributed by atoms with E-state index < -0.39 is 0 Å². The quantitative estimate of drug-likeness (QED) is 0.477. The van der Waals surface area contributed by atoms with Gasteiger partial charge in [0.25, 0.3) is 0 Å². The summed E-state index contributed by atoms with van der Waals surface area (Å²) in [5.41, 5.74) is 1.69. The Morgan fingerprint density at radius 3 is 2.75 bits per heavy atom. The Labute approximate surface area is 84.6 Å². The summed E-state index contributed by atoms with van der Waals surface area (Å²) >= 11 is 0.908. The standard InChI is InChI=1S/C7H9.K/c1-2-7-5-3-4-6-7;/h3-4H,2,5H2,1H3;. The fourth-order valence-corrected chi connectivity index (χ4v) is 2.32. The number of allylic oxidation sites excluding steroid dienone is 4.